The van der Waals surface area contributed by atoms with Crippen LogP contribution in [0.5, 0.6) is 23.0 Å². The number of nitrogens with zero attached hydrogens (tertiary/aromatic N) is 6. The highest BCUT2D eigenvalue weighted by Crippen LogP contribution is 2.44. The minimum Gasteiger partial charge on any atom is -0.507 e. The Labute approximate surface area is 266 Å². The van der Waals surface area contributed by atoms with Gasteiger partial charge in [0, 0.05) is 0 Å². The molecule has 0 aliphatic heterocycles. The van der Waals surface area contributed by atoms with Gasteiger partial charge in [-0.2, -0.15) is 15.3 Å². The van der Waals surface area contributed by atoms with Crippen molar-refractivity contribution >= 4 is 50.1 Å². The first-order chi connectivity index (χ1) is 22.4. The molecule has 0 bridgehead atoms. The molecule has 0 atom stereocenters. The molecular weight excluding hydrogens is 630 g/mol. The Bertz CT molecular complexity index is 2190. The lowest BCUT2D eigenvalue weighted by Gasteiger charge is -2.05. The molecule has 0 fully saturated rings. The first-order valence-electron chi connectivity index (χ1n) is 13.3. The summed E-state index contributed by atoms with van der Waals surface area (Å²) in [4.78, 5) is 10.9. The largest absolute Gasteiger partial charge is 0.507 e. The summed E-state index contributed by atoms with van der Waals surface area (Å²) in [6.45, 7) is 0. The van der Waals surface area contributed by atoms with Crippen molar-refractivity contribution in [1.82, 2.24) is 0 Å². The number of phenolic OH excluding ortho intramolecular Hbond substituents is 3. The number of nitrogens with two attached hydrogens (primary N) is 1. The van der Waals surface area contributed by atoms with Gasteiger partial charge in [0.15, 0.2) is 11.4 Å². The lowest BCUT2D eigenvalue weighted by atomic mass is 10.1. The van der Waals surface area contributed by atoms with Gasteiger partial charge in [0.25, 0.3) is 0 Å². The van der Waals surface area contributed by atoms with E-state index in [4.69, 9.17) is 10.2 Å². The molecule has 236 valence electrons. The minimum atomic E-state index is -4.06. The molecule has 15 nitrogen and oxygen atoms in total. The smallest absolute Gasteiger partial charge is 0.339 e. The summed E-state index contributed by atoms with van der Waals surface area (Å²) >= 11 is 0. The molecule has 0 saturated carbocycles. The van der Waals surface area contributed by atoms with Crippen LogP contribution in [-0.2, 0) is 10.0 Å². The molecule has 7 N–H and O–H groups in total. The topological polar surface area (TPSA) is 253 Å². The van der Waals surface area contributed by atoms with Gasteiger partial charge in [-0.3, -0.25) is 0 Å². The molecule has 0 amide bonds. The maximum absolute atomic E-state index is 11.6. The first-order valence-corrected chi connectivity index (χ1v) is 14.9. The third-order valence-electron chi connectivity index (χ3n) is 6.47. The molecule has 0 radical (unpaired) electrons. The summed E-state index contributed by atoms with van der Waals surface area (Å²) < 4.78 is 23.2. The molecule has 5 aromatic carbocycles. The second-order valence-electron chi connectivity index (χ2n) is 9.70. The van der Waals surface area contributed by atoms with E-state index in [0.717, 1.165) is 29.3 Å². The minimum absolute atomic E-state index is 0.149. The number of primary sulfonamides is 1. The second kappa shape index (κ2) is 13.2. The van der Waals surface area contributed by atoms with Crippen LogP contribution in [0.3, 0.4) is 0 Å². The van der Waals surface area contributed by atoms with Gasteiger partial charge in [-0.15, -0.1) is 15.3 Å². The number of carboxylic acid groups (broad SMARTS) is 1. The standard InChI is InChI=1S/C31H23N7O8S/c32-47(45,46)22-10-13-27(40)25(16-22)37-36-24-11-14-28(41)29(30(24)42)38-34-20-7-3-18(4-8-20)17-1-5-19(6-2-17)33-35-21-9-12-26(39)23(15-21)31(43)44/h1-16,39-42H,(H,43,44)(H2,32,45,46). The van der Waals surface area contributed by atoms with Crippen LogP contribution in [0, 0.1) is 0 Å². The number of carboxylic acids is 1. The van der Waals surface area contributed by atoms with E-state index in [1.54, 1.807) is 36.4 Å². The number of aromatic carboxylic acids is 1. The van der Waals surface area contributed by atoms with E-state index in [9.17, 15) is 33.6 Å². The Balaban J connectivity index is 1.29. The highest BCUT2D eigenvalue weighted by Gasteiger charge is 2.15. The zero-order chi connectivity index (χ0) is 33.7. The third kappa shape index (κ3) is 7.59. The average molecular weight is 654 g/mol. The summed E-state index contributed by atoms with van der Waals surface area (Å²) in [5.41, 5.74) is 1.89. The fraction of sp³-hybridized carbons (Fsp3) is 0. The maximum atomic E-state index is 11.6. The maximum Gasteiger partial charge on any atom is 0.339 e. The van der Waals surface area contributed by atoms with Crippen LogP contribution in [0.1, 0.15) is 10.4 Å². The fourth-order valence-corrected chi connectivity index (χ4v) is 4.56. The van der Waals surface area contributed by atoms with Crippen LogP contribution in [0.25, 0.3) is 11.1 Å². The molecule has 5 rings (SSSR count). The van der Waals surface area contributed by atoms with Crippen molar-refractivity contribution < 1.29 is 38.7 Å². The predicted octanol–water partition coefficient (Wildman–Crippen LogP) is 7.77. The molecule has 0 heterocycles. The Morgan fingerprint density at radius 3 is 1.66 bits per heavy atom. The van der Waals surface area contributed by atoms with Crippen LogP contribution in [0.4, 0.5) is 34.1 Å². The first kappa shape index (κ1) is 31.9. The second-order valence-corrected chi connectivity index (χ2v) is 11.3. The van der Waals surface area contributed by atoms with Crippen LogP contribution in [0.15, 0.2) is 133 Å². The molecule has 0 aliphatic rings. The van der Waals surface area contributed by atoms with Gasteiger partial charge >= 0.3 is 5.97 Å². The molecule has 0 aromatic heterocycles. The van der Waals surface area contributed by atoms with Crippen molar-refractivity contribution in [2.45, 2.75) is 4.90 Å². The van der Waals surface area contributed by atoms with Gasteiger partial charge < -0.3 is 25.5 Å². The number of hydrogen-bond acceptors (Lipinski definition) is 13. The zero-order valence-corrected chi connectivity index (χ0v) is 24.7. The Morgan fingerprint density at radius 2 is 1.06 bits per heavy atom. The predicted molar refractivity (Wildman–Crippen MR) is 169 cm³/mol. The quantitative estimate of drug-likeness (QED) is 0.0854. The number of rotatable bonds is 9. The lowest BCUT2D eigenvalue weighted by molar-refractivity contribution is 0.0693. The highest BCUT2D eigenvalue weighted by molar-refractivity contribution is 7.89. The SMILES string of the molecule is NS(=O)(=O)c1ccc(O)c(N=Nc2ccc(O)c(N=Nc3ccc(-c4ccc(N=Nc5ccc(O)c(C(=O)O)c5)cc4)cc3)c2O)c1. The van der Waals surface area contributed by atoms with Gasteiger partial charge in [-0.25, -0.2) is 18.4 Å². The van der Waals surface area contributed by atoms with E-state index >= 15 is 0 Å². The molecular formula is C31H23N7O8S. The number of sulfonamides is 1. The van der Waals surface area contributed by atoms with Crippen molar-refractivity contribution in [2.75, 3.05) is 0 Å². The number of hydrogen-bond donors (Lipinski definition) is 6. The van der Waals surface area contributed by atoms with Gasteiger partial charge in [0.05, 0.1) is 22.0 Å². The summed E-state index contributed by atoms with van der Waals surface area (Å²) in [5, 5.41) is 78.5. The fourth-order valence-electron chi connectivity index (χ4n) is 4.03. The number of phenols is 4. The van der Waals surface area contributed by atoms with Gasteiger partial charge in [0.2, 0.25) is 10.0 Å². The van der Waals surface area contributed by atoms with Crippen molar-refractivity contribution in [2.24, 2.45) is 35.8 Å². The molecule has 0 saturated heterocycles. The number of azo groups is 3. The number of carbonyl (C=O) groups is 1. The van der Waals surface area contributed by atoms with E-state index in [1.165, 1.54) is 30.3 Å². The monoisotopic (exact) mass is 653 g/mol. The summed E-state index contributed by atoms with van der Waals surface area (Å²) in [5.74, 6) is -2.99. The van der Waals surface area contributed by atoms with Gasteiger partial charge in [-0.05, 0) is 83.9 Å². The summed E-state index contributed by atoms with van der Waals surface area (Å²) in [7, 11) is -4.06. The van der Waals surface area contributed by atoms with Crippen LogP contribution >= 0.6 is 0 Å². The van der Waals surface area contributed by atoms with Crippen LogP contribution in [0.2, 0.25) is 0 Å². The highest BCUT2D eigenvalue weighted by atomic mass is 32.2. The number of aromatic hydroxyl groups is 4. The third-order valence-corrected chi connectivity index (χ3v) is 7.39. The molecule has 0 spiro atoms. The summed E-state index contributed by atoms with van der Waals surface area (Å²) in [6, 6.07) is 23.5. The summed E-state index contributed by atoms with van der Waals surface area (Å²) in [6.07, 6.45) is 0. The molecule has 47 heavy (non-hydrogen) atoms. The normalized spacial score (nSPS) is 11.9. The molecule has 5 aromatic rings. The average Bonchev–Trinajstić information content (AvgIpc) is 3.04. The zero-order valence-electron chi connectivity index (χ0n) is 23.9. The Hall–Kier alpha value is -6.52. The van der Waals surface area contributed by atoms with Crippen molar-refractivity contribution in [3.63, 3.8) is 0 Å². The Morgan fingerprint density at radius 1 is 0.553 bits per heavy atom. The Kier molecular flexibility index (Phi) is 8.97. The van der Waals surface area contributed by atoms with E-state index < -0.39 is 27.5 Å². The van der Waals surface area contributed by atoms with Crippen molar-refractivity contribution in [3.8, 4) is 34.1 Å². The van der Waals surface area contributed by atoms with E-state index in [0.29, 0.717) is 11.4 Å². The van der Waals surface area contributed by atoms with Crippen LogP contribution < -0.4 is 5.14 Å². The molecule has 0 unspecified atom stereocenters. The van der Waals surface area contributed by atoms with Crippen molar-refractivity contribution in [1.29, 1.82) is 0 Å². The van der Waals surface area contributed by atoms with Gasteiger partial charge in [0.1, 0.15) is 34.2 Å². The van der Waals surface area contributed by atoms with E-state index in [1.807, 2.05) is 12.1 Å². The number of benzene rings is 5. The van der Waals surface area contributed by atoms with E-state index in [2.05, 4.69) is 30.7 Å². The lowest BCUT2D eigenvalue weighted by Crippen LogP contribution is -2.11. The van der Waals surface area contributed by atoms with E-state index in [-0.39, 0.29) is 44.7 Å². The van der Waals surface area contributed by atoms with Crippen molar-refractivity contribution in [3.05, 3.63) is 103 Å². The molecule has 0 aliphatic carbocycles. The molecule has 16 heteroatoms. The van der Waals surface area contributed by atoms with Crippen LogP contribution in [-0.4, -0.2) is 39.9 Å². The van der Waals surface area contributed by atoms with Gasteiger partial charge in [-0.1, -0.05) is 24.3 Å².